The first-order chi connectivity index (χ1) is 10.5. The minimum atomic E-state index is -0.0532. The summed E-state index contributed by atoms with van der Waals surface area (Å²) in [5, 5.41) is 6.36. The van der Waals surface area contributed by atoms with E-state index in [0.717, 1.165) is 31.2 Å². The van der Waals surface area contributed by atoms with Crippen molar-refractivity contribution in [2.45, 2.75) is 32.6 Å². The Morgan fingerprint density at radius 2 is 1.91 bits per heavy atom. The smallest absolute Gasteiger partial charge is 0.251 e. The third-order valence-corrected chi connectivity index (χ3v) is 4.68. The van der Waals surface area contributed by atoms with Crippen LogP contribution in [-0.2, 0) is 4.79 Å². The van der Waals surface area contributed by atoms with E-state index in [9.17, 15) is 9.59 Å². The third kappa shape index (κ3) is 4.23. The number of rotatable bonds is 4. The van der Waals surface area contributed by atoms with Gasteiger partial charge in [-0.15, -0.1) is 0 Å². The molecule has 1 aromatic rings. The van der Waals surface area contributed by atoms with Gasteiger partial charge in [-0.2, -0.15) is 0 Å². The van der Waals surface area contributed by atoms with E-state index in [1.165, 1.54) is 0 Å². The van der Waals surface area contributed by atoms with Crippen LogP contribution in [0.3, 0.4) is 0 Å². The fourth-order valence-corrected chi connectivity index (χ4v) is 3.27. The van der Waals surface area contributed by atoms with Crippen LogP contribution in [0.5, 0.6) is 0 Å². The molecule has 0 heterocycles. The van der Waals surface area contributed by atoms with Gasteiger partial charge >= 0.3 is 0 Å². The van der Waals surface area contributed by atoms with E-state index in [1.54, 1.807) is 25.2 Å². The molecule has 0 radical (unpaired) electrons. The van der Waals surface area contributed by atoms with Gasteiger partial charge in [-0.1, -0.05) is 11.6 Å². The summed E-state index contributed by atoms with van der Waals surface area (Å²) in [6.07, 6.45) is 3.77. The second-order valence-electron chi connectivity index (χ2n) is 6.00. The molecule has 2 amide bonds. The maximum absolute atomic E-state index is 12.2. The zero-order valence-corrected chi connectivity index (χ0v) is 13.9. The van der Waals surface area contributed by atoms with Gasteiger partial charge in [0.1, 0.15) is 0 Å². The number of halogens is 1. The molecular weight excluding hydrogens is 300 g/mol. The van der Waals surface area contributed by atoms with Crippen LogP contribution in [-0.4, -0.2) is 25.4 Å². The van der Waals surface area contributed by atoms with Gasteiger partial charge in [0.2, 0.25) is 5.91 Å². The number of aryl methyl sites for hydroxylation is 1. The first kappa shape index (κ1) is 16.8. The monoisotopic (exact) mass is 322 g/mol. The van der Waals surface area contributed by atoms with Crippen molar-refractivity contribution in [1.82, 2.24) is 10.6 Å². The highest BCUT2D eigenvalue weighted by Crippen LogP contribution is 2.28. The van der Waals surface area contributed by atoms with Crippen molar-refractivity contribution < 1.29 is 9.59 Å². The van der Waals surface area contributed by atoms with Crippen molar-refractivity contribution >= 4 is 23.4 Å². The third-order valence-electron chi connectivity index (χ3n) is 4.45. The van der Waals surface area contributed by atoms with E-state index >= 15 is 0 Å². The lowest BCUT2D eigenvalue weighted by molar-refractivity contribution is -0.125. The highest BCUT2D eigenvalue weighted by molar-refractivity contribution is 6.30. The van der Waals surface area contributed by atoms with Gasteiger partial charge in [-0.3, -0.25) is 9.59 Å². The fraction of sp³-hybridized carbons (Fsp3) is 0.529. The topological polar surface area (TPSA) is 58.2 Å². The Bertz CT molecular complexity index is 552. The lowest BCUT2D eigenvalue weighted by Crippen LogP contribution is -2.35. The van der Waals surface area contributed by atoms with Crippen LogP contribution in [0.4, 0.5) is 0 Å². The Balaban J connectivity index is 1.81. The fourth-order valence-electron chi connectivity index (χ4n) is 3.05. The molecule has 1 aliphatic carbocycles. The van der Waals surface area contributed by atoms with Crippen LogP contribution in [0.2, 0.25) is 5.02 Å². The molecule has 0 atom stereocenters. The second kappa shape index (κ2) is 7.63. The van der Waals surface area contributed by atoms with Gasteiger partial charge in [0.05, 0.1) is 0 Å². The molecule has 0 spiro atoms. The van der Waals surface area contributed by atoms with Gasteiger partial charge in [0, 0.05) is 30.1 Å². The van der Waals surface area contributed by atoms with E-state index in [2.05, 4.69) is 10.6 Å². The number of hydrogen-bond acceptors (Lipinski definition) is 2. The Labute approximate surface area is 136 Å². The van der Waals surface area contributed by atoms with Crippen molar-refractivity contribution in [3.8, 4) is 0 Å². The molecule has 0 bridgehead atoms. The Hall–Kier alpha value is -1.55. The normalized spacial score (nSPS) is 21.2. The van der Waals surface area contributed by atoms with Crippen LogP contribution in [0.25, 0.3) is 0 Å². The molecule has 1 aliphatic rings. The molecule has 1 saturated carbocycles. The van der Waals surface area contributed by atoms with Crippen LogP contribution in [0.15, 0.2) is 18.2 Å². The minimum Gasteiger partial charge on any atom is -0.359 e. The van der Waals surface area contributed by atoms with Crippen LogP contribution >= 0.6 is 11.6 Å². The summed E-state index contributed by atoms with van der Waals surface area (Å²) in [6, 6.07) is 5.29. The van der Waals surface area contributed by atoms with E-state index in [1.807, 2.05) is 6.92 Å². The molecule has 0 unspecified atom stereocenters. The number of nitrogens with one attached hydrogen (secondary N) is 2. The van der Waals surface area contributed by atoms with Gasteiger partial charge in [0.25, 0.3) is 5.91 Å². The predicted molar refractivity (Wildman–Crippen MR) is 88.0 cm³/mol. The lowest BCUT2D eigenvalue weighted by atomic mass is 9.81. The molecule has 5 heteroatoms. The van der Waals surface area contributed by atoms with Crippen LogP contribution in [0.1, 0.15) is 41.6 Å². The first-order valence-electron chi connectivity index (χ1n) is 7.77. The van der Waals surface area contributed by atoms with Gasteiger partial charge in [-0.25, -0.2) is 0 Å². The average Bonchev–Trinajstić information content (AvgIpc) is 2.52. The highest BCUT2D eigenvalue weighted by Gasteiger charge is 2.25. The van der Waals surface area contributed by atoms with Crippen molar-refractivity contribution in [1.29, 1.82) is 0 Å². The molecule has 1 fully saturated rings. The molecule has 0 saturated heterocycles. The average molecular weight is 323 g/mol. The summed E-state index contributed by atoms with van der Waals surface area (Å²) in [5.41, 5.74) is 1.55. The molecule has 0 aromatic heterocycles. The molecule has 0 aliphatic heterocycles. The molecule has 2 rings (SSSR count). The van der Waals surface area contributed by atoms with Crippen LogP contribution < -0.4 is 10.6 Å². The summed E-state index contributed by atoms with van der Waals surface area (Å²) < 4.78 is 0. The molecule has 120 valence electrons. The number of amides is 2. The summed E-state index contributed by atoms with van der Waals surface area (Å²) in [4.78, 5) is 23.8. The predicted octanol–water partition coefficient (Wildman–Crippen LogP) is 2.93. The zero-order valence-electron chi connectivity index (χ0n) is 13.1. The van der Waals surface area contributed by atoms with E-state index in [4.69, 9.17) is 11.6 Å². The van der Waals surface area contributed by atoms with Crippen molar-refractivity contribution in [2.75, 3.05) is 13.6 Å². The van der Waals surface area contributed by atoms with Crippen molar-refractivity contribution in [3.05, 3.63) is 34.3 Å². The molecular formula is C17H23ClN2O2. The van der Waals surface area contributed by atoms with Crippen molar-refractivity contribution in [3.63, 3.8) is 0 Å². The summed E-state index contributed by atoms with van der Waals surface area (Å²) in [6.45, 7) is 2.55. The Kier molecular flexibility index (Phi) is 5.83. The second-order valence-corrected chi connectivity index (χ2v) is 6.44. The Morgan fingerprint density at radius 3 is 2.50 bits per heavy atom. The minimum absolute atomic E-state index is 0.0532. The standard InChI is InChI=1S/C17H23ClN2O2/c1-11-9-14(18)7-8-15(11)17(22)20-10-12-3-5-13(6-4-12)16(21)19-2/h7-9,12-13H,3-6,10H2,1-2H3,(H,19,21)(H,20,22). The molecule has 1 aromatic carbocycles. The van der Waals surface area contributed by atoms with Gasteiger partial charge < -0.3 is 10.6 Å². The number of carbonyl (C=O) groups is 2. The number of hydrogen-bond donors (Lipinski definition) is 2. The zero-order chi connectivity index (χ0) is 16.1. The van der Waals surface area contributed by atoms with Gasteiger partial charge in [-0.05, 0) is 62.3 Å². The van der Waals surface area contributed by atoms with Crippen molar-refractivity contribution in [2.24, 2.45) is 11.8 Å². The van der Waals surface area contributed by atoms with Crippen LogP contribution in [0, 0.1) is 18.8 Å². The number of benzene rings is 1. The molecule has 22 heavy (non-hydrogen) atoms. The van der Waals surface area contributed by atoms with E-state index in [0.29, 0.717) is 23.0 Å². The largest absolute Gasteiger partial charge is 0.359 e. The Morgan fingerprint density at radius 1 is 1.23 bits per heavy atom. The number of carbonyl (C=O) groups excluding carboxylic acids is 2. The lowest BCUT2D eigenvalue weighted by Gasteiger charge is -2.27. The van der Waals surface area contributed by atoms with Gasteiger partial charge in [0.15, 0.2) is 0 Å². The summed E-state index contributed by atoms with van der Waals surface area (Å²) in [7, 11) is 1.68. The molecule has 4 nitrogen and oxygen atoms in total. The maximum Gasteiger partial charge on any atom is 0.251 e. The first-order valence-corrected chi connectivity index (χ1v) is 8.15. The summed E-state index contributed by atoms with van der Waals surface area (Å²) >= 11 is 5.91. The van der Waals surface area contributed by atoms with E-state index < -0.39 is 0 Å². The van der Waals surface area contributed by atoms with E-state index in [-0.39, 0.29) is 17.7 Å². The SMILES string of the molecule is CNC(=O)C1CCC(CNC(=O)c2ccc(Cl)cc2C)CC1. The summed E-state index contributed by atoms with van der Waals surface area (Å²) in [5.74, 6) is 0.676. The highest BCUT2D eigenvalue weighted by atomic mass is 35.5. The quantitative estimate of drug-likeness (QED) is 0.895. The maximum atomic E-state index is 12.2. The molecule has 2 N–H and O–H groups in total.